The highest BCUT2D eigenvalue weighted by molar-refractivity contribution is 7.93. The van der Waals surface area contributed by atoms with Crippen LogP contribution in [0.4, 0.5) is 4.39 Å². The average molecular weight is 304 g/mol. The number of hydrogen-bond donors (Lipinski definition) is 0. The molecule has 1 heterocycles. The van der Waals surface area contributed by atoms with Gasteiger partial charge < -0.3 is 4.74 Å². The van der Waals surface area contributed by atoms with Crippen molar-refractivity contribution in [1.29, 1.82) is 0 Å². The summed E-state index contributed by atoms with van der Waals surface area (Å²) in [4.78, 5) is 18.8. The second-order valence-electron chi connectivity index (χ2n) is 4.09. The second kappa shape index (κ2) is 6.74. The Bertz CT molecular complexity index is 550. The van der Waals surface area contributed by atoms with E-state index in [0.29, 0.717) is 6.42 Å². The van der Waals surface area contributed by atoms with Crippen LogP contribution in [0.2, 0.25) is 0 Å². The third-order valence-electron chi connectivity index (χ3n) is 2.64. The van der Waals surface area contributed by atoms with Crippen LogP contribution < -0.4 is 0 Å². The standard InChI is InChI=1S/C12H17FN2O4S/c1-3-5-7-12(13,10(16)19-4-2)20(17,18)11-14-8-6-9-15-11/h6,8-9H,3-5,7H2,1-2H3. The van der Waals surface area contributed by atoms with Gasteiger partial charge in [-0.1, -0.05) is 13.3 Å². The summed E-state index contributed by atoms with van der Waals surface area (Å²) in [6, 6.07) is 1.40. The monoisotopic (exact) mass is 304 g/mol. The van der Waals surface area contributed by atoms with Gasteiger partial charge in [0.05, 0.1) is 6.61 Å². The molecule has 6 nitrogen and oxygen atoms in total. The van der Waals surface area contributed by atoms with Crippen LogP contribution in [0.3, 0.4) is 0 Å². The molecule has 20 heavy (non-hydrogen) atoms. The minimum atomic E-state index is -4.66. The van der Waals surface area contributed by atoms with Crippen LogP contribution in [0.1, 0.15) is 33.1 Å². The SMILES string of the molecule is CCCCC(F)(C(=O)OCC)S(=O)(=O)c1ncccn1. The van der Waals surface area contributed by atoms with Crippen molar-refractivity contribution in [2.75, 3.05) is 6.61 Å². The van der Waals surface area contributed by atoms with Crippen molar-refractivity contribution < 1.29 is 22.3 Å². The lowest BCUT2D eigenvalue weighted by Gasteiger charge is -2.22. The van der Waals surface area contributed by atoms with E-state index in [1.54, 1.807) is 6.92 Å². The maximum Gasteiger partial charge on any atom is 0.360 e. The molecule has 1 aromatic heterocycles. The number of aromatic nitrogens is 2. The van der Waals surface area contributed by atoms with Gasteiger partial charge in [0.2, 0.25) is 0 Å². The van der Waals surface area contributed by atoms with Gasteiger partial charge in [0.15, 0.2) is 0 Å². The maximum absolute atomic E-state index is 14.9. The number of hydrogen-bond acceptors (Lipinski definition) is 6. The Morgan fingerprint density at radius 1 is 1.35 bits per heavy atom. The summed E-state index contributed by atoms with van der Waals surface area (Å²) in [5.41, 5.74) is 0. The summed E-state index contributed by atoms with van der Waals surface area (Å²) in [6.45, 7) is 3.13. The smallest absolute Gasteiger partial charge is 0.360 e. The number of sulfone groups is 1. The second-order valence-corrected chi connectivity index (χ2v) is 6.11. The molecule has 0 amide bonds. The molecule has 0 radical (unpaired) electrons. The minimum absolute atomic E-state index is 0.109. The third kappa shape index (κ3) is 3.12. The molecular formula is C12H17FN2O4S. The summed E-state index contributed by atoms with van der Waals surface area (Å²) in [5, 5.41) is -3.87. The summed E-state index contributed by atoms with van der Waals surface area (Å²) >= 11 is 0. The predicted octanol–water partition coefficient (Wildman–Crippen LogP) is 1.67. The van der Waals surface area contributed by atoms with E-state index in [1.165, 1.54) is 25.4 Å². The molecule has 0 aromatic carbocycles. The molecule has 0 saturated carbocycles. The molecule has 0 aliphatic rings. The molecule has 112 valence electrons. The molecule has 0 aliphatic heterocycles. The number of rotatable bonds is 7. The lowest BCUT2D eigenvalue weighted by molar-refractivity contribution is -0.152. The first kappa shape index (κ1) is 16.5. The van der Waals surface area contributed by atoms with Crippen molar-refractivity contribution in [3.8, 4) is 0 Å². The number of alkyl halides is 1. The van der Waals surface area contributed by atoms with Gasteiger partial charge in [-0.3, -0.25) is 0 Å². The van der Waals surface area contributed by atoms with E-state index < -0.39 is 32.4 Å². The third-order valence-corrected chi connectivity index (χ3v) is 4.55. The molecule has 0 fully saturated rings. The summed E-state index contributed by atoms with van der Waals surface area (Å²) in [5.74, 6) is -1.42. The zero-order valence-corrected chi connectivity index (χ0v) is 12.2. The largest absolute Gasteiger partial charge is 0.463 e. The molecule has 1 atom stereocenters. The molecule has 1 unspecified atom stereocenters. The highest BCUT2D eigenvalue weighted by Crippen LogP contribution is 2.32. The fourth-order valence-corrected chi connectivity index (χ4v) is 2.94. The summed E-state index contributed by atoms with van der Waals surface area (Å²) < 4.78 is 44.0. The molecule has 1 rings (SSSR count). The zero-order chi connectivity index (χ0) is 15.2. The van der Waals surface area contributed by atoms with E-state index in [0.717, 1.165) is 0 Å². The number of carbonyl (C=O) groups is 1. The van der Waals surface area contributed by atoms with Gasteiger partial charge in [-0.15, -0.1) is 0 Å². The zero-order valence-electron chi connectivity index (χ0n) is 11.4. The van der Waals surface area contributed by atoms with Crippen LogP contribution in [-0.4, -0.2) is 36.0 Å². The van der Waals surface area contributed by atoms with Crippen LogP contribution in [0, 0.1) is 0 Å². The van der Waals surface area contributed by atoms with E-state index >= 15 is 0 Å². The van der Waals surface area contributed by atoms with Crippen molar-refractivity contribution in [3.63, 3.8) is 0 Å². The fourth-order valence-electron chi connectivity index (χ4n) is 1.56. The lowest BCUT2D eigenvalue weighted by atomic mass is 10.2. The highest BCUT2D eigenvalue weighted by Gasteiger charge is 2.54. The van der Waals surface area contributed by atoms with Gasteiger partial charge in [-0.2, -0.15) is 0 Å². The van der Waals surface area contributed by atoms with Crippen LogP contribution in [-0.2, 0) is 19.4 Å². The Labute approximate surface area is 117 Å². The Balaban J connectivity index is 3.26. The fraction of sp³-hybridized carbons (Fsp3) is 0.583. The quantitative estimate of drug-likeness (QED) is 0.562. The van der Waals surface area contributed by atoms with Crippen molar-refractivity contribution in [1.82, 2.24) is 9.97 Å². The predicted molar refractivity (Wildman–Crippen MR) is 69.2 cm³/mol. The average Bonchev–Trinajstić information content (AvgIpc) is 2.45. The minimum Gasteiger partial charge on any atom is -0.463 e. The molecule has 0 bridgehead atoms. The highest BCUT2D eigenvalue weighted by atomic mass is 32.2. The van der Waals surface area contributed by atoms with E-state index in [4.69, 9.17) is 0 Å². The maximum atomic E-state index is 14.9. The molecule has 8 heteroatoms. The number of carbonyl (C=O) groups excluding carboxylic acids is 1. The Morgan fingerprint density at radius 2 is 1.95 bits per heavy atom. The van der Waals surface area contributed by atoms with Crippen molar-refractivity contribution >= 4 is 15.8 Å². The van der Waals surface area contributed by atoms with Crippen molar-refractivity contribution in [3.05, 3.63) is 18.5 Å². The molecule has 0 aliphatic carbocycles. The van der Waals surface area contributed by atoms with Gasteiger partial charge in [-0.25, -0.2) is 27.6 Å². The van der Waals surface area contributed by atoms with E-state index in [2.05, 4.69) is 14.7 Å². The number of unbranched alkanes of at least 4 members (excludes halogenated alkanes) is 1. The molecule has 0 saturated heterocycles. The molecule has 1 aromatic rings. The number of ether oxygens (including phenoxy) is 1. The lowest BCUT2D eigenvalue weighted by Crippen LogP contribution is -2.44. The molecule has 0 spiro atoms. The number of halogens is 1. The van der Waals surface area contributed by atoms with Crippen LogP contribution in [0.25, 0.3) is 0 Å². The molecule has 0 N–H and O–H groups in total. The first-order valence-corrected chi connectivity index (χ1v) is 7.76. The Kier molecular flexibility index (Phi) is 5.55. The first-order valence-electron chi connectivity index (χ1n) is 6.28. The summed E-state index contributed by atoms with van der Waals surface area (Å²) in [6.07, 6.45) is 2.62. The van der Waals surface area contributed by atoms with E-state index in [9.17, 15) is 17.6 Å². The first-order chi connectivity index (χ1) is 9.40. The van der Waals surface area contributed by atoms with Crippen LogP contribution in [0.15, 0.2) is 23.6 Å². The van der Waals surface area contributed by atoms with Crippen molar-refractivity contribution in [2.45, 2.75) is 43.3 Å². The van der Waals surface area contributed by atoms with Crippen LogP contribution >= 0.6 is 0 Å². The molecular weight excluding hydrogens is 287 g/mol. The van der Waals surface area contributed by atoms with Crippen LogP contribution in [0.5, 0.6) is 0 Å². The summed E-state index contributed by atoms with van der Waals surface area (Å²) in [7, 11) is -4.66. The van der Waals surface area contributed by atoms with E-state index in [-0.39, 0.29) is 13.0 Å². The normalized spacial score (nSPS) is 14.6. The van der Waals surface area contributed by atoms with Gasteiger partial charge in [0, 0.05) is 18.8 Å². The number of nitrogens with zero attached hydrogens (tertiary/aromatic N) is 2. The van der Waals surface area contributed by atoms with Crippen molar-refractivity contribution in [2.24, 2.45) is 0 Å². The van der Waals surface area contributed by atoms with Gasteiger partial charge >= 0.3 is 11.0 Å². The topological polar surface area (TPSA) is 86.2 Å². The van der Waals surface area contributed by atoms with Gasteiger partial charge in [0.1, 0.15) is 0 Å². The van der Waals surface area contributed by atoms with E-state index in [1.807, 2.05) is 0 Å². The van der Waals surface area contributed by atoms with Gasteiger partial charge in [-0.05, 0) is 19.4 Å². The number of esters is 1. The Morgan fingerprint density at radius 3 is 2.45 bits per heavy atom. The van der Waals surface area contributed by atoms with Gasteiger partial charge in [0.25, 0.3) is 15.0 Å². The Hall–Kier alpha value is -1.57.